The zero-order valence-electron chi connectivity index (χ0n) is 11.6. The van der Waals surface area contributed by atoms with Gasteiger partial charge in [0.1, 0.15) is 5.52 Å². The number of pyridine rings is 1. The maximum atomic E-state index is 11.6. The molecule has 3 N–H and O–H groups in total. The number of aromatic nitrogens is 5. The number of H-pyrrole nitrogens is 1. The predicted octanol–water partition coefficient (Wildman–Crippen LogP) is 1.37. The minimum atomic E-state index is -0.339. The van der Waals surface area contributed by atoms with E-state index in [0.29, 0.717) is 23.5 Å². The molecule has 3 aromatic rings. The van der Waals surface area contributed by atoms with E-state index in [-0.39, 0.29) is 17.0 Å². The van der Waals surface area contributed by atoms with Crippen molar-refractivity contribution in [3.63, 3.8) is 0 Å². The molecule has 0 saturated heterocycles. The number of hydrogen-bond donors (Lipinski definition) is 3. The largest absolute Gasteiger partial charge is 0.364 e. The summed E-state index contributed by atoms with van der Waals surface area (Å²) in [6.07, 6.45) is 3.42. The van der Waals surface area contributed by atoms with E-state index >= 15 is 0 Å². The number of carbonyl (C=O) groups is 1. The van der Waals surface area contributed by atoms with Crippen molar-refractivity contribution in [3.05, 3.63) is 41.2 Å². The van der Waals surface area contributed by atoms with Gasteiger partial charge in [-0.15, -0.1) is 0 Å². The molecular weight excluding hydrogens is 306 g/mol. The molecule has 112 valence electrons. The standard InChI is InChI=1S/C13H12ClN7O/c1-15-12(22)11-18-8-9(20-13(14)21-10(8)19-11)17-6-7-2-4-16-5-3-7/h2-5H,6H2,1H3,(H,15,22)(H2,17,18,19,20,21). The highest BCUT2D eigenvalue weighted by molar-refractivity contribution is 6.28. The van der Waals surface area contributed by atoms with Crippen molar-refractivity contribution in [1.82, 2.24) is 30.2 Å². The van der Waals surface area contributed by atoms with Crippen molar-refractivity contribution in [3.8, 4) is 0 Å². The number of carbonyl (C=O) groups excluding carboxylic acids is 1. The molecule has 0 aliphatic rings. The van der Waals surface area contributed by atoms with Gasteiger partial charge in [-0.05, 0) is 29.3 Å². The van der Waals surface area contributed by atoms with Crippen LogP contribution in [0.4, 0.5) is 5.82 Å². The smallest absolute Gasteiger partial charge is 0.286 e. The second-order valence-electron chi connectivity index (χ2n) is 4.41. The van der Waals surface area contributed by atoms with Gasteiger partial charge in [-0.1, -0.05) is 0 Å². The summed E-state index contributed by atoms with van der Waals surface area (Å²) >= 11 is 5.90. The Labute approximate surface area is 130 Å². The van der Waals surface area contributed by atoms with Crippen LogP contribution in [0.1, 0.15) is 16.2 Å². The molecule has 0 fully saturated rings. The lowest BCUT2D eigenvalue weighted by molar-refractivity contribution is 0.0954. The van der Waals surface area contributed by atoms with Crippen molar-refractivity contribution in [2.24, 2.45) is 0 Å². The van der Waals surface area contributed by atoms with Crippen LogP contribution in [0, 0.1) is 0 Å². The van der Waals surface area contributed by atoms with Crippen molar-refractivity contribution < 1.29 is 4.79 Å². The van der Waals surface area contributed by atoms with Crippen LogP contribution in [0.15, 0.2) is 24.5 Å². The number of amides is 1. The first-order valence-corrected chi connectivity index (χ1v) is 6.83. The van der Waals surface area contributed by atoms with E-state index in [1.165, 1.54) is 7.05 Å². The fourth-order valence-electron chi connectivity index (χ4n) is 1.91. The molecule has 3 heterocycles. The molecule has 1 amide bonds. The van der Waals surface area contributed by atoms with Crippen molar-refractivity contribution in [2.75, 3.05) is 12.4 Å². The Hall–Kier alpha value is -2.74. The summed E-state index contributed by atoms with van der Waals surface area (Å²) in [6, 6.07) is 3.77. The number of fused-ring (bicyclic) bond motifs is 1. The quantitative estimate of drug-likeness (QED) is 0.627. The number of hydrogen-bond acceptors (Lipinski definition) is 6. The van der Waals surface area contributed by atoms with E-state index in [1.54, 1.807) is 12.4 Å². The summed E-state index contributed by atoms with van der Waals surface area (Å²) in [4.78, 5) is 30.8. The molecule has 0 aliphatic heterocycles. The molecule has 3 aromatic heterocycles. The number of nitrogens with zero attached hydrogens (tertiary/aromatic N) is 4. The molecule has 0 atom stereocenters. The first-order chi connectivity index (χ1) is 10.7. The van der Waals surface area contributed by atoms with Gasteiger partial charge in [0.15, 0.2) is 17.3 Å². The Morgan fingerprint density at radius 3 is 2.77 bits per heavy atom. The third kappa shape index (κ3) is 2.82. The van der Waals surface area contributed by atoms with E-state index in [2.05, 4.69) is 35.6 Å². The van der Waals surface area contributed by atoms with Gasteiger partial charge in [-0.25, -0.2) is 4.98 Å². The average Bonchev–Trinajstić information content (AvgIpc) is 2.96. The zero-order valence-corrected chi connectivity index (χ0v) is 12.3. The van der Waals surface area contributed by atoms with Gasteiger partial charge < -0.3 is 15.6 Å². The number of aromatic amines is 1. The van der Waals surface area contributed by atoms with Gasteiger partial charge in [0, 0.05) is 26.0 Å². The minimum Gasteiger partial charge on any atom is -0.364 e. The Balaban J connectivity index is 1.94. The van der Waals surface area contributed by atoms with Crippen LogP contribution < -0.4 is 10.6 Å². The van der Waals surface area contributed by atoms with E-state index in [9.17, 15) is 4.79 Å². The van der Waals surface area contributed by atoms with Crippen molar-refractivity contribution >= 4 is 34.5 Å². The number of nitrogens with one attached hydrogen (secondary N) is 3. The average molecular weight is 318 g/mol. The van der Waals surface area contributed by atoms with Crippen LogP contribution in [0.2, 0.25) is 5.28 Å². The van der Waals surface area contributed by atoms with E-state index in [0.717, 1.165) is 5.56 Å². The number of anilines is 1. The van der Waals surface area contributed by atoms with Crippen molar-refractivity contribution in [2.45, 2.75) is 6.54 Å². The molecule has 0 spiro atoms. The molecule has 8 nitrogen and oxygen atoms in total. The number of halogens is 1. The molecule has 9 heteroatoms. The predicted molar refractivity (Wildman–Crippen MR) is 81.6 cm³/mol. The molecule has 22 heavy (non-hydrogen) atoms. The van der Waals surface area contributed by atoms with Crippen LogP contribution in [0.25, 0.3) is 11.2 Å². The zero-order chi connectivity index (χ0) is 15.5. The molecule has 0 aliphatic carbocycles. The third-order valence-electron chi connectivity index (χ3n) is 2.98. The Bertz CT molecular complexity index is 818. The molecule has 0 bridgehead atoms. The van der Waals surface area contributed by atoms with Gasteiger partial charge in [0.2, 0.25) is 5.28 Å². The fraction of sp³-hybridized carbons (Fsp3) is 0.154. The lowest BCUT2D eigenvalue weighted by atomic mass is 10.3. The molecule has 3 rings (SSSR count). The monoisotopic (exact) mass is 317 g/mol. The topological polar surface area (TPSA) is 108 Å². The lowest BCUT2D eigenvalue weighted by Gasteiger charge is -2.06. The summed E-state index contributed by atoms with van der Waals surface area (Å²) in [6.45, 7) is 0.527. The molecule has 0 saturated carbocycles. The van der Waals surface area contributed by atoms with Gasteiger partial charge in [-0.3, -0.25) is 9.78 Å². The highest BCUT2D eigenvalue weighted by Crippen LogP contribution is 2.20. The summed E-state index contributed by atoms with van der Waals surface area (Å²) < 4.78 is 0. The van der Waals surface area contributed by atoms with E-state index in [4.69, 9.17) is 11.6 Å². The Morgan fingerprint density at radius 1 is 1.27 bits per heavy atom. The van der Waals surface area contributed by atoms with Gasteiger partial charge in [0.05, 0.1) is 0 Å². The van der Waals surface area contributed by atoms with Gasteiger partial charge in [-0.2, -0.15) is 9.97 Å². The van der Waals surface area contributed by atoms with Gasteiger partial charge in [0.25, 0.3) is 5.91 Å². The first-order valence-electron chi connectivity index (χ1n) is 6.45. The lowest BCUT2D eigenvalue weighted by Crippen LogP contribution is -2.19. The maximum Gasteiger partial charge on any atom is 0.286 e. The van der Waals surface area contributed by atoms with Crippen LogP contribution >= 0.6 is 11.6 Å². The maximum absolute atomic E-state index is 11.6. The van der Waals surface area contributed by atoms with Gasteiger partial charge >= 0.3 is 0 Å². The summed E-state index contributed by atoms with van der Waals surface area (Å²) in [5.74, 6) is 0.296. The minimum absolute atomic E-state index is 0.0553. The SMILES string of the molecule is CNC(=O)c1nc2nc(Cl)nc(NCc3ccncc3)c2[nH]1. The van der Waals surface area contributed by atoms with Crippen LogP contribution in [-0.4, -0.2) is 37.9 Å². The first kappa shape index (κ1) is 14.2. The summed E-state index contributed by atoms with van der Waals surface area (Å²) in [5, 5.41) is 5.70. The van der Waals surface area contributed by atoms with Crippen LogP contribution in [0.3, 0.4) is 0 Å². The highest BCUT2D eigenvalue weighted by atomic mass is 35.5. The highest BCUT2D eigenvalue weighted by Gasteiger charge is 2.15. The van der Waals surface area contributed by atoms with Crippen LogP contribution in [-0.2, 0) is 6.54 Å². The molecule has 0 unspecified atom stereocenters. The van der Waals surface area contributed by atoms with Crippen LogP contribution in [0.5, 0.6) is 0 Å². The Morgan fingerprint density at radius 2 is 2.05 bits per heavy atom. The van der Waals surface area contributed by atoms with E-state index < -0.39 is 0 Å². The second-order valence-corrected chi connectivity index (χ2v) is 4.75. The fourth-order valence-corrected chi connectivity index (χ4v) is 2.08. The molecular formula is C13H12ClN7O. The number of imidazole rings is 1. The number of rotatable bonds is 4. The molecule has 0 radical (unpaired) electrons. The molecule has 0 aromatic carbocycles. The normalized spacial score (nSPS) is 10.6. The Kier molecular flexibility index (Phi) is 3.84. The summed E-state index contributed by atoms with van der Waals surface area (Å²) in [5.41, 5.74) is 1.89. The van der Waals surface area contributed by atoms with Crippen molar-refractivity contribution in [1.29, 1.82) is 0 Å². The third-order valence-corrected chi connectivity index (χ3v) is 3.14. The summed E-state index contributed by atoms with van der Waals surface area (Å²) in [7, 11) is 1.52. The van der Waals surface area contributed by atoms with E-state index in [1.807, 2.05) is 12.1 Å². The second kappa shape index (κ2) is 5.94.